The second kappa shape index (κ2) is 15.3. The molecule has 0 radical (unpaired) electrons. The van der Waals surface area contributed by atoms with Crippen LogP contribution in [0.1, 0.15) is 13.8 Å². The Labute approximate surface area is 172 Å². The molecule has 25 heavy (non-hydrogen) atoms. The van der Waals surface area contributed by atoms with E-state index in [1.807, 2.05) is 25.1 Å². The monoisotopic (exact) mass is 480 g/mol. The van der Waals surface area contributed by atoms with Crippen molar-refractivity contribution in [1.29, 1.82) is 0 Å². The molecule has 0 bridgehead atoms. The summed E-state index contributed by atoms with van der Waals surface area (Å²) in [6.07, 6.45) is 0. The van der Waals surface area contributed by atoms with E-state index in [2.05, 4.69) is 40.0 Å². The normalized spacial score (nSPS) is 12.0. The van der Waals surface area contributed by atoms with Crippen molar-refractivity contribution in [1.82, 2.24) is 16.0 Å². The lowest BCUT2D eigenvalue weighted by atomic mass is 10.4. The number of nitrogens with zero attached hydrogens (tertiary/aromatic N) is 1. The number of ether oxygens (including phenoxy) is 1. The van der Waals surface area contributed by atoms with Crippen LogP contribution < -0.4 is 16.0 Å². The minimum absolute atomic E-state index is 0. The molecule has 0 aliphatic carbocycles. The number of guanidine groups is 1. The van der Waals surface area contributed by atoms with Crippen molar-refractivity contribution < 1.29 is 9.53 Å². The Morgan fingerprint density at radius 2 is 1.96 bits per heavy atom. The fraction of sp³-hybridized carbons (Fsp3) is 0.529. The molecule has 0 spiro atoms. The number of rotatable bonds is 10. The van der Waals surface area contributed by atoms with Crippen molar-refractivity contribution in [2.24, 2.45) is 4.99 Å². The highest BCUT2D eigenvalue weighted by Gasteiger charge is 2.06. The molecule has 0 heterocycles. The number of nitrogens with one attached hydrogen (secondary N) is 3. The van der Waals surface area contributed by atoms with Crippen LogP contribution in [0, 0.1) is 0 Å². The number of carbonyl (C=O) groups excluding carboxylic acids is 1. The van der Waals surface area contributed by atoms with Crippen LogP contribution in [0.5, 0.6) is 0 Å². The topological polar surface area (TPSA) is 74.8 Å². The van der Waals surface area contributed by atoms with Crippen LogP contribution in [0.15, 0.2) is 40.2 Å². The van der Waals surface area contributed by atoms with Crippen LogP contribution >= 0.6 is 35.7 Å². The van der Waals surface area contributed by atoms with E-state index < -0.39 is 0 Å². The van der Waals surface area contributed by atoms with Crippen LogP contribution in [0.2, 0.25) is 0 Å². The summed E-state index contributed by atoms with van der Waals surface area (Å²) in [5, 5.41) is 9.56. The number of thioether (sulfide) groups is 1. The number of aliphatic imine (C=N–C) groups is 1. The predicted molar refractivity (Wildman–Crippen MR) is 116 cm³/mol. The van der Waals surface area contributed by atoms with Gasteiger partial charge in [-0.15, -0.1) is 35.7 Å². The first-order chi connectivity index (χ1) is 11.7. The maximum atomic E-state index is 11.7. The van der Waals surface area contributed by atoms with E-state index in [1.165, 1.54) is 4.90 Å². The third-order valence-electron chi connectivity index (χ3n) is 2.99. The van der Waals surface area contributed by atoms with E-state index >= 15 is 0 Å². The Morgan fingerprint density at radius 1 is 1.24 bits per heavy atom. The first-order valence-corrected chi connectivity index (χ1v) is 9.03. The Morgan fingerprint density at radius 3 is 2.60 bits per heavy atom. The molecule has 0 aliphatic heterocycles. The smallest absolute Gasteiger partial charge is 0.241 e. The highest BCUT2D eigenvalue weighted by atomic mass is 127. The van der Waals surface area contributed by atoms with Gasteiger partial charge in [-0.25, -0.2) is 4.99 Å². The van der Waals surface area contributed by atoms with Gasteiger partial charge < -0.3 is 20.7 Å². The van der Waals surface area contributed by atoms with E-state index in [4.69, 9.17) is 4.74 Å². The van der Waals surface area contributed by atoms with Gasteiger partial charge in [0.2, 0.25) is 5.91 Å². The number of hydrogen-bond donors (Lipinski definition) is 3. The Hall–Kier alpha value is -1.000. The summed E-state index contributed by atoms with van der Waals surface area (Å²) < 4.78 is 4.89. The van der Waals surface area contributed by atoms with Gasteiger partial charge in [-0.3, -0.25) is 4.79 Å². The summed E-state index contributed by atoms with van der Waals surface area (Å²) in [5.41, 5.74) is 0. The lowest BCUT2D eigenvalue weighted by Crippen LogP contribution is -2.41. The van der Waals surface area contributed by atoms with Gasteiger partial charge in [0.15, 0.2) is 5.96 Å². The average Bonchev–Trinajstić information content (AvgIpc) is 2.58. The standard InChI is InChI=1S/C17H28N4O2S.HI/c1-4-18-17(21-13-16(22)19-10-11-23-3)20-12-14(2)24-15-8-6-5-7-9-15;/h5-9,14H,4,10-13H2,1-3H3,(H,19,22)(H2,18,20,21);1H. The number of benzene rings is 1. The highest BCUT2D eigenvalue weighted by molar-refractivity contribution is 14.0. The summed E-state index contributed by atoms with van der Waals surface area (Å²) in [7, 11) is 1.60. The first-order valence-electron chi connectivity index (χ1n) is 8.15. The maximum absolute atomic E-state index is 11.7. The van der Waals surface area contributed by atoms with Gasteiger partial charge in [0, 0.05) is 36.9 Å². The predicted octanol–water partition coefficient (Wildman–Crippen LogP) is 2.10. The van der Waals surface area contributed by atoms with Crippen molar-refractivity contribution in [2.45, 2.75) is 24.0 Å². The molecule has 8 heteroatoms. The summed E-state index contributed by atoms with van der Waals surface area (Å²) in [6, 6.07) is 10.3. The number of carbonyl (C=O) groups is 1. The van der Waals surface area contributed by atoms with E-state index in [-0.39, 0.29) is 36.4 Å². The zero-order valence-electron chi connectivity index (χ0n) is 15.1. The summed E-state index contributed by atoms with van der Waals surface area (Å²) in [6.45, 7) is 6.76. The lowest BCUT2D eigenvalue weighted by molar-refractivity contribution is -0.119. The minimum atomic E-state index is -0.115. The molecule has 142 valence electrons. The van der Waals surface area contributed by atoms with E-state index in [0.717, 1.165) is 13.1 Å². The highest BCUT2D eigenvalue weighted by Crippen LogP contribution is 2.21. The molecular formula is C17H29IN4O2S. The van der Waals surface area contributed by atoms with E-state index in [9.17, 15) is 4.79 Å². The zero-order valence-corrected chi connectivity index (χ0v) is 18.2. The molecule has 1 rings (SSSR count). The molecule has 0 aromatic heterocycles. The van der Waals surface area contributed by atoms with Gasteiger partial charge in [-0.1, -0.05) is 25.1 Å². The third-order valence-corrected chi connectivity index (χ3v) is 4.10. The lowest BCUT2D eigenvalue weighted by Gasteiger charge is -2.15. The minimum Gasteiger partial charge on any atom is -0.383 e. The largest absolute Gasteiger partial charge is 0.383 e. The van der Waals surface area contributed by atoms with E-state index in [1.54, 1.807) is 18.9 Å². The molecule has 0 fully saturated rings. The molecule has 0 aliphatic rings. The Kier molecular flexibility index (Phi) is 14.7. The van der Waals surface area contributed by atoms with Crippen LogP contribution in [0.3, 0.4) is 0 Å². The fourth-order valence-electron chi connectivity index (χ4n) is 1.85. The van der Waals surface area contributed by atoms with Crippen molar-refractivity contribution in [3.05, 3.63) is 30.3 Å². The molecule has 0 saturated heterocycles. The molecule has 1 amide bonds. The van der Waals surface area contributed by atoms with Crippen LogP contribution in [-0.4, -0.2) is 57.0 Å². The van der Waals surface area contributed by atoms with Gasteiger partial charge in [0.25, 0.3) is 0 Å². The van der Waals surface area contributed by atoms with Crippen molar-refractivity contribution in [3.63, 3.8) is 0 Å². The molecule has 0 saturated carbocycles. The molecule has 1 atom stereocenters. The van der Waals surface area contributed by atoms with Gasteiger partial charge in [0.1, 0.15) is 6.54 Å². The average molecular weight is 480 g/mol. The van der Waals surface area contributed by atoms with Gasteiger partial charge in [0.05, 0.1) is 6.61 Å². The van der Waals surface area contributed by atoms with E-state index in [0.29, 0.717) is 24.4 Å². The molecule has 1 unspecified atom stereocenters. The second-order valence-corrected chi connectivity index (χ2v) is 6.67. The van der Waals surface area contributed by atoms with Crippen LogP contribution in [0.4, 0.5) is 0 Å². The SMILES string of the molecule is CCNC(=NCC(=O)NCCOC)NCC(C)Sc1ccccc1.I. The van der Waals surface area contributed by atoms with Crippen molar-refractivity contribution in [2.75, 3.05) is 39.9 Å². The summed E-state index contributed by atoms with van der Waals surface area (Å²) in [5.74, 6) is 0.538. The van der Waals surface area contributed by atoms with Gasteiger partial charge in [-0.05, 0) is 19.1 Å². The van der Waals surface area contributed by atoms with Gasteiger partial charge in [-0.2, -0.15) is 0 Å². The third kappa shape index (κ3) is 12.1. The summed E-state index contributed by atoms with van der Waals surface area (Å²) in [4.78, 5) is 17.2. The second-order valence-electron chi connectivity index (χ2n) is 5.16. The van der Waals surface area contributed by atoms with Gasteiger partial charge >= 0.3 is 0 Å². The quantitative estimate of drug-likeness (QED) is 0.157. The van der Waals surface area contributed by atoms with Crippen molar-refractivity contribution in [3.8, 4) is 0 Å². The number of hydrogen-bond acceptors (Lipinski definition) is 4. The van der Waals surface area contributed by atoms with Crippen molar-refractivity contribution >= 4 is 47.6 Å². The number of halogens is 1. The summed E-state index contributed by atoms with van der Waals surface area (Å²) >= 11 is 1.80. The molecule has 6 nitrogen and oxygen atoms in total. The Bertz CT molecular complexity index is 503. The molecule has 1 aromatic rings. The van der Waals surface area contributed by atoms with Crippen LogP contribution in [0.25, 0.3) is 0 Å². The molecule has 1 aromatic carbocycles. The first kappa shape index (κ1) is 24.0. The number of methoxy groups -OCH3 is 1. The maximum Gasteiger partial charge on any atom is 0.241 e. The Balaban J connectivity index is 0.00000576. The molecule has 3 N–H and O–H groups in total. The number of amides is 1. The zero-order chi connectivity index (χ0) is 17.6. The fourth-order valence-corrected chi connectivity index (χ4v) is 2.80. The van der Waals surface area contributed by atoms with Crippen LogP contribution in [-0.2, 0) is 9.53 Å². The molecular weight excluding hydrogens is 451 g/mol.